The van der Waals surface area contributed by atoms with Crippen molar-refractivity contribution in [3.05, 3.63) is 29.8 Å². The molecular weight excluding hydrogens is 302 g/mol. The number of carbonyl (C=O) groups excluding carboxylic acids is 2. The summed E-state index contributed by atoms with van der Waals surface area (Å²) in [7, 11) is 0. The first-order valence-corrected chi connectivity index (χ1v) is 8.34. The number of hydrogen-bond acceptors (Lipinski definition) is 5. The number of piperazine rings is 1. The normalized spacial score (nSPS) is 14.5. The minimum atomic E-state index is -0.460. The summed E-state index contributed by atoms with van der Waals surface area (Å²) >= 11 is 1.30. The standard InChI is InChI=1S/C15H21N3O3S/c1-2-17-14(19)21-13-5-3-12(4-6-13)11-22-15(20)18-9-7-16-8-10-18/h3-6,16H,2,7-11H2,1H3,(H,17,19). The Morgan fingerprint density at radius 2 is 1.95 bits per heavy atom. The topological polar surface area (TPSA) is 70.7 Å². The first-order chi connectivity index (χ1) is 10.7. The molecule has 120 valence electrons. The van der Waals surface area contributed by atoms with Gasteiger partial charge in [-0.05, 0) is 24.6 Å². The van der Waals surface area contributed by atoms with Crippen molar-refractivity contribution in [1.29, 1.82) is 0 Å². The molecule has 0 aliphatic carbocycles. The van der Waals surface area contributed by atoms with Gasteiger partial charge >= 0.3 is 6.09 Å². The molecule has 6 nitrogen and oxygen atoms in total. The van der Waals surface area contributed by atoms with Crippen LogP contribution in [0.25, 0.3) is 0 Å². The van der Waals surface area contributed by atoms with Crippen molar-refractivity contribution in [3.8, 4) is 5.75 Å². The van der Waals surface area contributed by atoms with Crippen molar-refractivity contribution in [2.75, 3.05) is 32.7 Å². The lowest BCUT2D eigenvalue weighted by Crippen LogP contribution is -2.45. The lowest BCUT2D eigenvalue weighted by molar-refractivity contribution is 0.201. The zero-order valence-corrected chi connectivity index (χ0v) is 13.4. The fourth-order valence-electron chi connectivity index (χ4n) is 2.02. The Hall–Kier alpha value is -1.73. The van der Waals surface area contributed by atoms with Crippen LogP contribution in [-0.4, -0.2) is 49.0 Å². The van der Waals surface area contributed by atoms with E-state index in [1.807, 2.05) is 24.0 Å². The number of rotatable bonds is 4. The number of thioether (sulfide) groups is 1. The number of hydrogen-bond donors (Lipinski definition) is 2. The molecule has 0 bridgehead atoms. The molecule has 2 rings (SSSR count). The average Bonchev–Trinajstić information content (AvgIpc) is 2.55. The number of nitrogens with one attached hydrogen (secondary N) is 2. The van der Waals surface area contributed by atoms with Crippen LogP contribution in [0.4, 0.5) is 9.59 Å². The first kappa shape index (κ1) is 16.6. The summed E-state index contributed by atoms with van der Waals surface area (Å²) in [5, 5.41) is 5.90. The van der Waals surface area contributed by atoms with Crippen molar-refractivity contribution in [2.45, 2.75) is 12.7 Å². The smallest absolute Gasteiger partial charge is 0.410 e. The van der Waals surface area contributed by atoms with Gasteiger partial charge in [-0.3, -0.25) is 4.79 Å². The van der Waals surface area contributed by atoms with Crippen LogP contribution in [0.15, 0.2) is 24.3 Å². The molecule has 0 atom stereocenters. The molecule has 0 spiro atoms. The van der Waals surface area contributed by atoms with Gasteiger partial charge in [0.05, 0.1) is 0 Å². The second kappa shape index (κ2) is 8.65. The van der Waals surface area contributed by atoms with Gasteiger partial charge in [-0.2, -0.15) is 0 Å². The first-order valence-electron chi connectivity index (χ1n) is 7.36. The van der Waals surface area contributed by atoms with Crippen LogP contribution in [0.5, 0.6) is 5.75 Å². The monoisotopic (exact) mass is 323 g/mol. The quantitative estimate of drug-likeness (QED) is 0.887. The molecule has 1 saturated heterocycles. The summed E-state index contributed by atoms with van der Waals surface area (Å²) in [4.78, 5) is 25.2. The second-order valence-corrected chi connectivity index (χ2v) is 5.78. The summed E-state index contributed by atoms with van der Waals surface area (Å²) in [5.74, 6) is 1.11. The highest BCUT2D eigenvalue weighted by atomic mass is 32.2. The van der Waals surface area contributed by atoms with E-state index in [9.17, 15) is 9.59 Å². The molecule has 0 saturated carbocycles. The minimum absolute atomic E-state index is 0.115. The van der Waals surface area contributed by atoms with Crippen molar-refractivity contribution in [1.82, 2.24) is 15.5 Å². The predicted octanol–water partition coefficient (Wildman–Crippen LogP) is 2.05. The van der Waals surface area contributed by atoms with Gasteiger partial charge in [0.1, 0.15) is 5.75 Å². The number of ether oxygens (including phenoxy) is 1. The Morgan fingerprint density at radius 1 is 1.27 bits per heavy atom. The van der Waals surface area contributed by atoms with Gasteiger partial charge in [0.15, 0.2) is 0 Å². The van der Waals surface area contributed by atoms with E-state index >= 15 is 0 Å². The summed E-state index contributed by atoms with van der Waals surface area (Å²) in [6.45, 7) is 5.62. The van der Waals surface area contributed by atoms with E-state index in [4.69, 9.17) is 4.74 Å². The van der Waals surface area contributed by atoms with Crippen LogP contribution < -0.4 is 15.4 Å². The van der Waals surface area contributed by atoms with Crippen molar-refractivity contribution in [3.63, 3.8) is 0 Å². The predicted molar refractivity (Wildman–Crippen MR) is 87.3 cm³/mol. The maximum atomic E-state index is 12.0. The van der Waals surface area contributed by atoms with E-state index in [-0.39, 0.29) is 5.24 Å². The van der Waals surface area contributed by atoms with Crippen LogP contribution in [-0.2, 0) is 5.75 Å². The molecule has 1 aromatic rings. The van der Waals surface area contributed by atoms with E-state index < -0.39 is 6.09 Å². The molecular formula is C15H21N3O3S. The molecule has 1 aliphatic heterocycles. The van der Waals surface area contributed by atoms with Crippen molar-refractivity contribution >= 4 is 23.1 Å². The van der Waals surface area contributed by atoms with Crippen molar-refractivity contribution < 1.29 is 14.3 Å². The van der Waals surface area contributed by atoms with Crippen LogP contribution in [0.1, 0.15) is 12.5 Å². The van der Waals surface area contributed by atoms with E-state index in [0.717, 1.165) is 31.7 Å². The Bertz CT molecular complexity index is 501. The minimum Gasteiger partial charge on any atom is -0.410 e. The van der Waals surface area contributed by atoms with Gasteiger partial charge in [-0.1, -0.05) is 23.9 Å². The van der Waals surface area contributed by atoms with E-state index in [1.165, 1.54) is 11.8 Å². The van der Waals surface area contributed by atoms with Crippen LogP contribution in [0.3, 0.4) is 0 Å². The SMILES string of the molecule is CCNC(=O)Oc1ccc(CSC(=O)N2CCNCC2)cc1. The summed E-state index contributed by atoms with van der Waals surface area (Å²) in [5.41, 5.74) is 1.02. The van der Waals surface area contributed by atoms with Gasteiger partial charge in [0.2, 0.25) is 0 Å². The highest BCUT2D eigenvalue weighted by molar-refractivity contribution is 8.12. The Morgan fingerprint density at radius 3 is 2.59 bits per heavy atom. The Balaban J connectivity index is 1.78. The molecule has 0 unspecified atom stereocenters. The van der Waals surface area contributed by atoms with Gasteiger partial charge in [-0.25, -0.2) is 4.79 Å². The maximum absolute atomic E-state index is 12.0. The largest absolute Gasteiger partial charge is 0.412 e. The van der Waals surface area contributed by atoms with Crippen LogP contribution in [0, 0.1) is 0 Å². The van der Waals surface area contributed by atoms with Gasteiger partial charge in [0.25, 0.3) is 5.24 Å². The molecule has 1 aromatic carbocycles. The third kappa shape index (κ3) is 5.23. The summed E-state index contributed by atoms with van der Waals surface area (Å²) in [6, 6.07) is 7.21. The van der Waals surface area contributed by atoms with Gasteiger partial charge in [0, 0.05) is 38.5 Å². The molecule has 2 amide bonds. The zero-order valence-electron chi connectivity index (χ0n) is 12.6. The lowest BCUT2D eigenvalue weighted by Gasteiger charge is -2.26. The molecule has 0 aromatic heterocycles. The second-order valence-electron chi connectivity index (χ2n) is 4.86. The zero-order chi connectivity index (χ0) is 15.8. The molecule has 0 radical (unpaired) electrons. The molecule has 1 aliphatic rings. The molecule has 2 N–H and O–H groups in total. The third-order valence-electron chi connectivity index (χ3n) is 3.19. The lowest BCUT2D eigenvalue weighted by atomic mass is 10.2. The highest BCUT2D eigenvalue weighted by Gasteiger charge is 2.16. The average molecular weight is 323 g/mol. The fraction of sp³-hybridized carbons (Fsp3) is 0.467. The van der Waals surface area contributed by atoms with E-state index in [2.05, 4.69) is 10.6 Å². The number of carbonyl (C=O) groups is 2. The number of nitrogens with zero attached hydrogens (tertiary/aromatic N) is 1. The molecule has 22 heavy (non-hydrogen) atoms. The molecule has 7 heteroatoms. The van der Waals surface area contributed by atoms with Crippen molar-refractivity contribution in [2.24, 2.45) is 0 Å². The van der Waals surface area contributed by atoms with Crippen LogP contribution >= 0.6 is 11.8 Å². The Kier molecular flexibility index (Phi) is 6.54. The Labute approximate surface area is 134 Å². The fourth-order valence-corrected chi connectivity index (χ4v) is 2.87. The van der Waals surface area contributed by atoms with Crippen LogP contribution in [0.2, 0.25) is 0 Å². The third-order valence-corrected chi connectivity index (χ3v) is 4.18. The molecule has 1 heterocycles. The van der Waals surface area contributed by atoms with E-state index in [0.29, 0.717) is 18.0 Å². The van der Waals surface area contributed by atoms with Gasteiger partial charge in [-0.15, -0.1) is 0 Å². The maximum Gasteiger partial charge on any atom is 0.412 e. The van der Waals surface area contributed by atoms with E-state index in [1.54, 1.807) is 12.1 Å². The van der Waals surface area contributed by atoms with Gasteiger partial charge < -0.3 is 20.3 Å². The number of benzene rings is 1. The number of amides is 2. The summed E-state index contributed by atoms with van der Waals surface area (Å²) in [6.07, 6.45) is -0.460. The highest BCUT2D eigenvalue weighted by Crippen LogP contribution is 2.19. The molecule has 1 fully saturated rings. The summed E-state index contributed by atoms with van der Waals surface area (Å²) < 4.78 is 5.09.